The number of benzene rings is 2. The molecule has 0 unspecified atom stereocenters. The van der Waals surface area contributed by atoms with Gasteiger partial charge in [-0.25, -0.2) is 0 Å². The Hall–Kier alpha value is -1.96. The number of hydrogen-bond acceptors (Lipinski definition) is 2. The first-order chi connectivity index (χ1) is 9.66. The van der Waals surface area contributed by atoms with Gasteiger partial charge in [0.15, 0.2) is 0 Å². The largest absolute Gasteiger partial charge is 0.494 e. The summed E-state index contributed by atoms with van der Waals surface area (Å²) < 4.78 is 5.71. The Kier molecular flexibility index (Phi) is 5.05. The van der Waals surface area contributed by atoms with Crippen LogP contribution >= 0.6 is 0 Å². The Morgan fingerprint density at radius 2 is 1.70 bits per heavy atom. The van der Waals surface area contributed by atoms with Gasteiger partial charge in [0.1, 0.15) is 5.75 Å². The molecule has 20 heavy (non-hydrogen) atoms. The van der Waals surface area contributed by atoms with Gasteiger partial charge in [-0.3, -0.25) is 0 Å². The highest BCUT2D eigenvalue weighted by Crippen LogP contribution is 2.17. The lowest BCUT2D eigenvalue weighted by molar-refractivity contribution is 0.315. The normalized spacial score (nSPS) is 10.3. The zero-order valence-electron chi connectivity index (χ0n) is 12.6. The van der Waals surface area contributed by atoms with E-state index >= 15 is 0 Å². The molecule has 0 bridgehead atoms. The van der Waals surface area contributed by atoms with E-state index < -0.39 is 0 Å². The molecule has 0 aromatic heterocycles. The van der Waals surface area contributed by atoms with E-state index in [1.807, 2.05) is 12.1 Å². The van der Waals surface area contributed by atoms with Crippen molar-refractivity contribution < 1.29 is 4.74 Å². The van der Waals surface area contributed by atoms with Gasteiger partial charge in [-0.15, -0.1) is 0 Å². The molecule has 0 aliphatic heterocycles. The Labute approximate surface area is 121 Å². The van der Waals surface area contributed by atoms with Crippen LogP contribution in [0.3, 0.4) is 0 Å². The van der Waals surface area contributed by atoms with Crippen LogP contribution in [0.25, 0.3) is 0 Å². The summed E-state index contributed by atoms with van der Waals surface area (Å²) >= 11 is 0. The lowest BCUT2D eigenvalue weighted by atomic mass is 10.1. The zero-order valence-corrected chi connectivity index (χ0v) is 12.6. The van der Waals surface area contributed by atoms with Crippen molar-refractivity contribution in [2.24, 2.45) is 0 Å². The second-order valence-corrected chi connectivity index (χ2v) is 5.19. The number of aryl methyl sites for hydroxylation is 2. The third-order valence-corrected chi connectivity index (χ3v) is 3.53. The molecule has 0 amide bonds. The van der Waals surface area contributed by atoms with E-state index in [0.717, 1.165) is 25.3 Å². The maximum atomic E-state index is 5.71. The Morgan fingerprint density at radius 1 is 0.950 bits per heavy atom. The van der Waals surface area contributed by atoms with Crippen molar-refractivity contribution in [2.75, 3.05) is 18.5 Å². The first-order valence-corrected chi connectivity index (χ1v) is 7.16. The van der Waals surface area contributed by atoms with E-state index in [2.05, 4.69) is 56.4 Å². The highest BCUT2D eigenvalue weighted by molar-refractivity contribution is 5.53. The van der Waals surface area contributed by atoms with Gasteiger partial charge in [0, 0.05) is 12.2 Å². The zero-order chi connectivity index (χ0) is 14.4. The third kappa shape index (κ3) is 4.02. The summed E-state index contributed by atoms with van der Waals surface area (Å²) in [7, 11) is 0. The SMILES string of the molecule is Cc1ccc(OCCCNc2cccc(C)c2C)cc1. The number of anilines is 1. The second-order valence-electron chi connectivity index (χ2n) is 5.19. The second kappa shape index (κ2) is 6.99. The maximum Gasteiger partial charge on any atom is 0.119 e. The number of hydrogen-bond donors (Lipinski definition) is 1. The summed E-state index contributed by atoms with van der Waals surface area (Å²) in [6.45, 7) is 8.04. The molecule has 1 N–H and O–H groups in total. The summed E-state index contributed by atoms with van der Waals surface area (Å²) in [5.74, 6) is 0.947. The molecule has 0 radical (unpaired) electrons. The minimum Gasteiger partial charge on any atom is -0.494 e. The number of ether oxygens (including phenoxy) is 1. The van der Waals surface area contributed by atoms with Gasteiger partial charge in [-0.1, -0.05) is 29.8 Å². The van der Waals surface area contributed by atoms with E-state index in [4.69, 9.17) is 4.74 Å². The fourth-order valence-electron chi connectivity index (χ4n) is 2.06. The monoisotopic (exact) mass is 269 g/mol. The molecule has 0 atom stereocenters. The molecule has 0 heterocycles. The van der Waals surface area contributed by atoms with Crippen LogP contribution in [0.2, 0.25) is 0 Å². The molecule has 2 nitrogen and oxygen atoms in total. The minimum absolute atomic E-state index is 0.737. The quantitative estimate of drug-likeness (QED) is 0.780. The molecular formula is C18H23NO. The first kappa shape index (κ1) is 14.4. The van der Waals surface area contributed by atoms with Gasteiger partial charge < -0.3 is 10.1 Å². The highest BCUT2D eigenvalue weighted by Gasteiger charge is 1.99. The van der Waals surface area contributed by atoms with Crippen molar-refractivity contribution in [1.29, 1.82) is 0 Å². The third-order valence-electron chi connectivity index (χ3n) is 3.53. The lowest BCUT2D eigenvalue weighted by Gasteiger charge is -2.12. The highest BCUT2D eigenvalue weighted by atomic mass is 16.5. The van der Waals surface area contributed by atoms with E-state index in [0.29, 0.717) is 0 Å². The first-order valence-electron chi connectivity index (χ1n) is 7.16. The van der Waals surface area contributed by atoms with Gasteiger partial charge in [0.2, 0.25) is 0 Å². The van der Waals surface area contributed by atoms with Crippen LogP contribution in [0.5, 0.6) is 5.75 Å². The molecule has 0 saturated carbocycles. The smallest absolute Gasteiger partial charge is 0.119 e. The van der Waals surface area contributed by atoms with E-state index in [9.17, 15) is 0 Å². The molecule has 0 saturated heterocycles. The van der Waals surface area contributed by atoms with Crippen LogP contribution in [0.4, 0.5) is 5.69 Å². The van der Waals surface area contributed by atoms with Crippen molar-refractivity contribution in [1.82, 2.24) is 0 Å². The molecule has 2 rings (SSSR count). The van der Waals surface area contributed by atoms with Crippen LogP contribution in [0.1, 0.15) is 23.1 Å². The predicted molar refractivity (Wildman–Crippen MR) is 85.7 cm³/mol. The standard InChI is InChI=1S/C18H23NO/c1-14-8-10-17(11-9-14)20-13-5-12-19-18-7-4-6-15(2)16(18)3/h4,6-11,19H,5,12-13H2,1-3H3. The maximum absolute atomic E-state index is 5.71. The fraction of sp³-hybridized carbons (Fsp3) is 0.333. The van der Waals surface area contributed by atoms with Crippen LogP contribution in [-0.4, -0.2) is 13.2 Å². The van der Waals surface area contributed by atoms with Crippen LogP contribution < -0.4 is 10.1 Å². The van der Waals surface area contributed by atoms with E-state index in [-0.39, 0.29) is 0 Å². The number of nitrogens with one attached hydrogen (secondary N) is 1. The lowest BCUT2D eigenvalue weighted by Crippen LogP contribution is -2.08. The predicted octanol–water partition coefficient (Wildman–Crippen LogP) is 4.49. The van der Waals surface area contributed by atoms with Crippen molar-refractivity contribution in [3.8, 4) is 5.75 Å². The van der Waals surface area contributed by atoms with Gasteiger partial charge in [-0.05, 0) is 56.5 Å². The molecular weight excluding hydrogens is 246 g/mol. The molecule has 0 fully saturated rings. The van der Waals surface area contributed by atoms with E-state index in [1.54, 1.807) is 0 Å². The van der Waals surface area contributed by atoms with Crippen LogP contribution in [0.15, 0.2) is 42.5 Å². The van der Waals surface area contributed by atoms with Crippen molar-refractivity contribution in [3.63, 3.8) is 0 Å². The van der Waals surface area contributed by atoms with Crippen molar-refractivity contribution >= 4 is 5.69 Å². The molecule has 0 spiro atoms. The van der Waals surface area contributed by atoms with Gasteiger partial charge in [0.25, 0.3) is 0 Å². The summed E-state index contributed by atoms with van der Waals surface area (Å²) in [6.07, 6.45) is 0.987. The van der Waals surface area contributed by atoms with Gasteiger partial charge >= 0.3 is 0 Å². The topological polar surface area (TPSA) is 21.3 Å². The summed E-state index contributed by atoms with van der Waals surface area (Å²) in [4.78, 5) is 0. The van der Waals surface area contributed by atoms with Crippen LogP contribution in [0, 0.1) is 20.8 Å². The summed E-state index contributed by atoms with van der Waals surface area (Å²) in [6, 6.07) is 14.5. The van der Waals surface area contributed by atoms with Gasteiger partial charge in [0.05, 0.1) is 6.61 Å². The molecule has 106 valence electrons. The number of rotatable bonds is 6. The molecule has 2 aromatic rings. The van der Waals surface area contributed by atoms with Crippen molar-refractivity contribution in [3.05, 3.63) is 59.2 Å². The molecule has 0 aliphatic carbocycles. The van der Waals surface area contributed by atoms with Crippen LogP contribution in [-0.2, 0) is 0 Å². The Balaban J connectivity index is 1.71. The van der Waals surface area contributed by atoms with E-state index in [1.165, 1.54) is 22.4 Å². The molecule has 0 aliphatic rings. The van der Waals surface area contributed by atoms with Gasteiger partial charge in [-0.2, -0.15) is 0 Å². The average Bonchev–Trinajstić information content (AvgIpc) is 2.45. The fourth-order valence-corrected chi connectivity index (χ4v) is 2.06. The molecule has 2 heteroatoms. The average molecular weight is 269 g/mol. The molecule has 2 aromatic carbocycles. The van der Waals surface area contributed by atoms with Crippen molar-refractivity contribution in [2.45, 2.75) is 27.2 Å². The Morgan fingerprint density at radius 3 is 2.45 bits per heavy atom. The summed E-state index contributed by atoms with van der Waals surface area (Å²) in [5, 5.41) is 3.47. The summed E-state index contributed by atoms with van der Waals surface area (Å²) in [5.41, 5.74) is 5.13. The minimum atomic E-state index is 0.737. The Bertz CT molecular complexity index is 546.